The fourth-order valence-corrected chi connectivity index (χ4v) is 1.43. The van der Waals surface area contributed by atoms with Gasteiger partial charge in [0.2, 0.25) is 0 Å². The number of ketones is 1. The van der Waals surface area contributed by atoms with Gasteiger partial charge in [0, 0.05) is 5.56 Å². The highest BCUT2D eigenvalue weighted by Gasteiger charge is 2.41. The Labute approximate surface area is 111 Å². The van der Waals surface area contributed by atoms with E-state index in [0.29, 0.717) is 0 Å². The number of hydrogen-bond acceptors (Lipinski definition) is 3. The highest BCUT2D eigenvalue weighted by Crippen LogP contribution is 2.16. The molecule has 0 aliphatic heterocycles. The lowest BCUT2D eigenvalue weighted by Crippen LogP contribution is -2.47. The molecule has 1 amide bonds. The van der Waals surface area contributed by atoms with Crippen molar-refractivity contribution >= 4 is 17.7 Å². The Hall–Kier alpha value is -2.38. The van der Waals surface area contributed by atoms with E-state index in [1.165, 1.54) is 29.6 Å². The fourth-order valence-electron chi connectivity index (χ4n) is 1.43. The Bertz CT molecular complexity index is 513. The number of carbonyl (C=O) groups excluding carboxylic acids is 2. The third-order valence-electron chi connectivity index (χ3n) is 2.32. The number of amides is 1. The molecule has 8 heteroatoms. The molecule has 0 bridgehead atoms. The summed E-state index contributed by atoms with van der Waals surface area (Å²) >= 11 is 0. The summed E-state index contributed by atoms with van der Waals surface area (Å²) in [6, 6.07) is 5.38. The van der Waals surface area contributed by atoms with E-state index in [4.69, 9.17) is 5.11 Å². The molecule has 0 aromatic heterocycles. The van der Waals surface area contributed by atoms with Gasteiger partial charge in [0.15, 0.2) is 5.78 Å². The number of benzene rings is 1. The van der Waals surface area contributed by atoms with E-state index in [0.717, 1.165) is 0 Å². The van der Waals surface area contributed by atoms with Gasteiger partial charge in [0.25, 0.3) is 0 Å². The molecule has 20 heavy (non-hydrogen) atoms. The zero-order valence-electron chi connectivity index (χ0n) is 9.98. The Balaban J connectivity index is 2.93. The molecular weight excluding hydrogens is 279 g/mol. The van der Waals surface area contributed by atoms with Crippen LogP contribution in [-0.2, 0) is 9.59 Å². The minimum Gasteiger partial charge on any atom is -0.481 e. The quantitative estimate of drug-likeness (QED) is 0.802. The Morgan fingerprint density at radius 3 is 2.15 bits per heavy atom. The SMILES string of the molecule is O=C(O)C[C@H](NC(=O)C(F)(F)F)C(=O)c1ccccc1. The summed E-state index contributed by atoms with van der Waals surface area (Å²) in [6.45, 7) is 0. The van der Waals surface area contributed by atoms with E-state index in [1.807, 2.05) is 0 Å². The first-order valence-electron chi connectivity index (χ1n) is 5.40. The van der Waals surface area contributed by atoms with Gasteiger partial charge in [-0.3, -0.25) is 14.4 Å². The van der Waals surface area contributed by atoms with Crippen molar-refractivity contribution in [2.45, 2.75) is 18.6 Å². The van der Waals surface area contributed by atoms with E-state index < -0.39 is 36.3 Å². The second-order valence-electron chi connectivity index (χ2n) is 3.85. The second-order valence-corrected chi connectivity index (χ2v) is 3.85. The molecule has 5 nitrogen and oxygen atoms in total. The van der Waals surface area contributed by atoms with Crippen LogP contribution in [0.2, 0.25) is 0 Å². The molecule has 0 spiro atoms. The van der Waals surface area contributed by atoms with Crippen LogP contribution < -0.4 is 5.32 Å². The highest BCUT2D eigenvalue weighted by atomic mass is 19.4. The second kappa shape index (κ2) is 6.18. The smallest absolute Gasteiger partial charge is 0.471 e. The summed E-state index contributed by atoms with van der Waals surface area (Å²) in [6.07, 6.45) is -6.12. The van der Waals surface area contributed by atoms with Crippen LogP contribution in [0.3, 0.4) is 0 Å². The first kappa shape index (κ1) is 15.7. The van der Waals surface area contributed by atoms with Crippen molar-refractivity contribution in [3.8, 4) is 0 Å². The number of aliphatic carboxylic acids is 1. The largest absolute Gasteiger partial charge is 0.481 e. The minimum atomic E-state index is -5.19. The molecule has 1 atom stereocenters. The number of halogens is 3. The third-order valence-corrected chi connectivity index (χ3v) is 2.32. The first-order chi connectivity index (χ1) is 9.21. The molecule has 0 radical (unpaired) electrons. The van der Waals surface area contributed by atoms with E-state index >= 15 is 0 Å². The molecule has 1 aromatic carbocycles. The summed E-state index contributed by atoms with van der Waals surface area (Å²) in [5.41, 5.74) is 0.0150. The Morgan fingerprint density at radius 2 is 1.70 bits per heavy atom. The van der Waals surface area contributed by atoms with Gasteiger partial charge in [-0.1, -0.05) is 30.3 Å². The molecule has 0 fully saturated rings. The average Bonchev–Trinajstić information content (AvgIpc) is 2.36. The van der Waals surface area contributed by atoms with Crippen LogP contribution in [0.1, 0.15) is 16.8 Å². The van der Waals surface area contributed by atoms with Crippen LogP contribution >= 0.6 is 0 Å². The van der Waals surface area contributed by atoms with Crippen molar-refractivity contribution in [2.75, 3.05) is 0 Å². The van der Waals surface area contributed by atoms with Gasteiger partial charge < -0.3 is 10.4 Å². The maximum atomic E-state index is 12.1. The zero-order chi connectivity index (χ0) is 15.3. The van der Waals surface area contributed by atoms with Crippen molar-refractivity contribution < 1.29 is 32.7 Å². The van der Waals surface area contributed by atoms with E-state index in [1.54, 1.807) is 6.07 Å². The van der Waals surface area contributed by atoms with Gasteiger partial charge in [0.05, 0.1) is 6.42 Å². The van der Waals surface area contributed by atoms with Gasteiger partial charge in [0.1, 0.15) is 6.04 Å². The molecule has 0 saturated carbocycles. The summed E-state index contributed by atoms with van der Waals surface area (Å²) < 4.78 is 36.4. The van der Waals surface area contributed by atoms with E-state index in [9.17, 15) is 27.6 Å². The standard InChI is InChI=1S/C12H10F3NO4/c13-12(14,15)11(20)16-8(6-9(17)18)10(19)7-4-2-1-3-5-7/h1-5,8H,6H2,(H,16,20)(H,17,18)/t8-/m0/s1. The monoisotopic (exact) mass is 289 g/mol. The zero-order valence-corrected chi connectivity index (χ0v) is 9.98. The van der Waals surface area contributed by atoms with Crippen LogP contribution in [0.15, 0.2) is 30.3 Å². The van der Waals surface area contributed by atoms with Gasteiger partial charge in [-0.15, -0.1) is 0 Å². The molecule has 0 unspecified atom stereocenters. The molecular formula is C12H10F3NO4. The minimum absolute atomic E-state index is 0.0150. The van der Waals surface area contributed by atoms with Crippen LogP contribution in [0.4, 0.5) is 13.2 Å². The molecule has 0 aliphatic rings. The van der Waals surface area contributed by atoms with Crippen LogP contribution in [0.25, 0.3) is 0 Å². The Kier molecular flexibility index (Phi) is 4.84. The summed E-state index contributed by atoms with van der Waals surface area (Å²) in [4.78, 5) is 33.3. The topological polar surface area (TPSA) is 83.5 Å². The van der Waals surface area contributed by atoms with Crippen molar-refractivity contribution in [3.63, 3.8) is 0 Å². The molecule has 1 rings (SSSR count). The molecule has 108 valence electrons. The lowest BCUT2D eigenvalue weighted by molar-refractivity contribution is -0.174. The summed E-state index contributed by atoms with van der Waals surface area (Å²) in [5.74, 6) is -4.75. The van der Waals surface area contributed by atoms with E-state index in [2.05, 4.69) is 0 Å². The van der Waals surface area contributed by atoms with Gasteiger partial charge in [-0.25, -0.2) is 0 Å². The first-order valence-corrected chi connectivity index (χ1v) is 5.40. The number of carboxylic acids is 1. The van der Waals surface area contributed by atoms with Crippen LogP contribution in [-0.4, -0.2) is 35.0 Å². The van der Waals surface area contributed by atoms with Crippen molar-refractivity contribution in [1.29, 1.82) is 0 Å². The van der Waals surface area contributed by atoms with Crippen LogP contribution in [0, 0.1) is 0 Å². The molecule has 0 heterocycles. The number of nitrogens with one attached hydrogen (secondary N) is 1. The average molecular weight is 289 g/mol. The lowest BCUT2D eigenvalue weighted by Gasteiger charge is -2.16. The summed E-state index contributed by atoms with van der Waals surface area (Å²) in [7, 11) is 0. The number of Topliss-reactive ketones (excluding diaryl/α,β-unsaturated/α-hetero) is 1. The van der Waals surface area contributed by atoms with E-state index in [-0.39, 0.29) is 5.56 Å². The summed E-state index contributed by atoms with van der Waals surface area (Å²) in [5, 5.41) is 10.0. The molecule has 2 N–H and O–H groups in total. The maximum Gasteiger partial charge on any atom is 0.471 e. The van der Waals surface area contributed by atoms with Gasteiger partial charge in [-0.05, 0) is 0 Å². The number of carboxylic acid groups (broad SMARTS) is 1. The van der Waals surface area contributed by atoms with Crippen molar-refractivity contribution in [2.24, 2.45) is 0 Å². The predicted molar refractivity (Wildman–Crippen MR) is 61.0 cm³/mol. The predicted octanol–water partition coefficient (Wildman–Crippen LogP) is 1.39. The molecule has 0 saturated heterocycles. The van der Waals surface area contributed by atoms with Crippen LogP contribution in [0.5, 0.6) is 0 Å². The third kappa shape index (κ3) is 4.38. The fraction of sp³-hybridized carbons (Fsp3) is 0.250. The molecule has 0 aliphatic carbocycles. The van der Waals surface area contributed by atoms with Crippen molar-refractivity contribution in [1.82, 2.24) is 5.32 Å². The molecule has 1 aromatic rings. The number of alkyl halides is 3. The lowest BCUT2D eigenvalue weighted by atomic mass is 10.0. The maximum absolute atomic E-state index is 12.1. The number of hydrogen-bond donors (Lipinski definition) is 2. The number of rotatable bonds is 5. The van der Waals surface area contributed by atoms with Crippen molar-refractivity contribution in [3.05, 3.63) is 35.9 Å². The number of carbonyl (C=O) groups is 3. The van der Waals surface area contributed by atoms with Gasteiger partial charge >= 0.3 is 18.1 Å². The van der Waals surface area contributed by atoms with Gasteiger partial charge in [-0.2, -0.15) is 13.2 Å². The normalized spacial score (nSPS) is 12.6. The Morgan fingerprint density at radius 1 is 1.15 bits per heavy atom. The highest BCUT2D eigenvalue weighted by molar-refractivity contribution is 6.03.